The van der Waals surface area contributed by atoms with Gasteiger partial charge in [-0.1, -0.05) is 82.6 Å². The molecule has 0 bridgehead atoms. The highest BCUT2D eigenvalue weighted by Crippen LogP contribution is 2.44. The van der Waals surface area contributed by atoms with Crippen LogP contribution in [-0.4, -0.2) is 89.8 Å². The van der Waals surface area contributed by atoms with Crippen molar-refractivity contribution in [2.75, 3.05) is 27.8 Å². The van der Waals surface area contributed by atoms with Crippen molar-refractivity contribution in [2.24, 2.45) is 11.8 Å². The number of nitrogens with one attached hydrogen (secondary N) is 1. The van der Waals surface area contributed by atoms with Gasteiger partial charge in [0.1, 0.15) is 17.7 Å². The van der Waals surface area contributed by atoms with Gasteiger partial charge in [0, 0.05) is 20.1 Å². The van der Waals surface area contributed by atoms with Crippen molar-refractivity contribution in [3.63, 3.8) is 0 Å². The first-order valence-corrected chi connectivity index (χ1v) is 15.5. The maximum absolute atomic E-state index is 13.8. The van der Waals surface area contributed by atoms with E-state index < -0.39 is 53.0 Å². The molecule has 0 unspecified atom stereocenters. The second kappa shape index (κ2) is 14.1. The molecule has 0 saturated carbocycles. The summed E-state index contributed by atoms with van der Waals surface area (Å²) in [5.41, 5.74) is 1.32. The molecule has 3 rings (SSSR count). The van der Waals surface area contributed by atoms with Crippen molar-refractivity contribution in [1.29, 1.82) is 0 Å². The molecule has 1 aliphatic carbocycles. The molecule has 45 heavy (non-hydrogen) atoms. The smallest absolute Gasteiger partial charge is 0.410 e. The molecule has 0 aliphatic heterocycles. The largest absolute Gasteiger partial charge is 0.480 e. The zero-order valence-corrected chi connectivity index (χ0v) is 28.2. The van der Waals surface area contributed by atoms with Gasteiger partial charge in [0.25, 0.3) is 5.91 Å². The summed E-state index contributed by atoms with van der Waals surface area (Å²) in [4.78, 5) is 56.2. The number of benzene rings is 2. The van der Waals surface area contributed by atoms with Crippen LogP contribution in [0.3, 0.4) is 0 Å². The Hall–Kier alpha value is -3.76. The van der Waals surface area contributed by atoms with Crippen molar-refractivity contribution in [3.05, 3.63) is 59.7 Å². The molecule has 2 aromatic carbocycles. The predicted octanol–water partition coefficient (Wildman–Crippen LogP) is 5.15. The van der Waals surface area contributed by atoms with Crippen LogP contribution in [0.4, 0.5) is 4.79 Å². The third-order valence-corrected chi connectivity index (χ3v) is 9.82. The van der Waals surface area contributed by atoms with Crippen molar-refractivity contribution >= 4 is 23.9 Å². The Morgan fingerprint density at radius 3 is 1.89 bits per heavy atom. The minimum absolute atomic E-state index is 0.0820. The second-order valence-corrected chi connectivity index (χ2v) is 12.9. The van der Waals surface area contributed by atoms with Crippen molar-refractivity contribution in [2.45, 2.75) is 84.0 Å². The number of likely N-dealkylation sites (N-methyl/N-ethyl adjacent to an activating group) is 2. The summed E-state index contributed by atoms with van der Waals surface area (Å²) in [6.07, 6.45) is -0.957. The number of methoxy groups -OCH3 is 1. The first-order chi connectivity index (χ1) is 21.1. The Bertz CT molecular complexity index is 1350. The Labute approximate surface area is 267 Å². The number of ether oxygens (including phenoxy) is 2. The molecule has 0 spiro atoms. The predicted molar refractivity (Wildman–Crippen MR) is 173 cm³/mol. The first kappa shape index (κ1) is 35.7. The Morgan fingerprint density at radius 1 is 0.933 bits per heavy atom. The van der Waals surface area contributed by atoms with E-state index in [1.54, 1.807) is 27.8 Å². The van der Waals surface area contributed by atoms with Gasteiger partial charge in [-0.15, -0.1) is 0 Å². The maximum Gasteiger partial charge on any atom is 0.410 e. The molecular formula is C35H49N3O7. The minimum atomic E-state index is -1.55. The van der Waals surface area contributed by atoms with Crippen LogP contribution in [0.1, 0.15) is 71.9 Å². The highest BCUT2D eigenvalue weighted by molar-refractivity contribution is 6.03. The number of aliphatic carboxylic acids is 1. The van der Waals surface area contributed by atoms with E-state index in [1.807, 2.05) is 62.4 Å². The number of carboxylic acids is 1. The third-order valence-electron chi connectivity index (χ3n) is 9.82. The molecule has 3 amide bonds. The van der Waals surface area contributed by atoms with Gasteiger partial charge < -0.3 is 14.6 Å². The summed E-state index contributed by atoms with van der Waals surface area (Å²) in [6, 6.07) is 15.0. The summed E-state index contributed by atoms with van der Waals surface area (Å²) in [5.74, 6) is -3.40. The number of nitrogens with zero attached hydrogens (tertiary/aromatic N) is 2. The molecule has 0 fully saturated rings. The third kappa shape index (κ3) is 6.49. The number of amides is 3. The molecule has 2 N–H and O–H groups in total. The lowest BCUT2D eigenvalue weighted by molar-refractivity contribution is -0.173. The SMILES string of the molecule is CC[C@H](C)[C@](C(=O)O)([C@@H](C)OC)N(C)[C@H](C(=O)NC(=O)C(C)(C)N(C)C(=O)OCC1c2ccccc2-c2ccccc21)C(C)C. The van der Waals surface area contributed by atoms with E-state index in [4.69, 9.17) is 9.47 Å². The number of fused-ring (bicyclic) bond motifs is 3. The zero-order chi connectivity index (χ0) is 33.9. The number of carboxylic acid groups (broad SMARTS) is 1. The van der Waals surface area contributed by atoms with E-state index in [9.17, 15) is 24.3 Å². The molecule has 0 heterocycles. The van der Waals surface area contributed by atoms with Gasteiger partial charge in [-0.2, -0.15) is 0 Å². The first-order valence-electron chi connectivity index (χ1n) is 15.5. The van der Waals surface area contributed by atoms with Crippen molar-refractivity contribution in [1.82, 2.24) is 15.1 Å². The Kier molecular flexibility index (Phi) is 11.2. The summed E-state index contributed by atoms with van der Waals surface area (Å²) < 4.78 is 11.3. The van der Waals surface area contributed by atoms with Crippen LogP contribution in [0, 0.1) is 11.8 Å². The number of hydrogen-bond donors (Lipinski definition) is 2. The van der Waals surface area contributed by atoms with Crippen LogP contribution in [0.15, 0.2) is 48.5 Å². The lowest BCUT2D eigenvalue weighted by Gasteiger charge is -2.49. The van der Waals surface area contributed by atoms with Crippen LogP contribution in [0.2, 0.25) is 0 Å². The summed E-state index contributed by atoms with van der Waals surface area (Å²) in [7, 11) is 4.47. The van der Waals surface area contributed by atoms with Gasteiger partial charge in [0.2, 0.25) is 5.91 Å². The minimum Gasteiger partial charge on any atom is -0.480 e. The van der Waals surface area contributed by atoms with Crippen LogP contribution in [-0.2, 0) is 23.9 Å². The number of hydrogen-bond acceptors (Lipinski definition) is 7. The topological polar surface area (TPSA) is 125 Å². The molecule has 2 aromatic rings. The van der Waals surface area contributed by atoms with Crippen LogP contribution >= 0.6 is 0 Å². The number of rotatable bonds is 13. The normalized spacial score (nSPS) is 16.3. The second-order valence-electron chi connectivity index (χ2n) is 12.9. The van der Waals surface area contributed by atoms with Gasteiger partial charge in [-0.25, -0.2) is 4.79 Å². The van der Waals surface area contributed by atoms with E-state index in [-0.39, 0.29) is 18.4 Å². The average Bonchev–Trinajstić information content (AvgIpc) is 3.32. The van der Waals surface area contributed by atoms with Gasteiger partial charge >= 0.3 is 12.1 Å². The molecule has 246 valence electrons. The van der Waals surface area contributed by atoms with Crippen molar-refractivity contribution in [3.8, 4) is 11.1 Å². The van der Waals surface area contributed by atoms with Gasteiger partial charge in [-0.3, -0.25) is 29.5 Å². The lowest BCUT2D eigenvalue weighted by atomic mass is 9.76. The zero-order valence-electron chi connectivity index (χ0n) is 28.2. The van der Waals surface area contributed by atoms with E-state index >= 15 is 0 Å². The van der Waals surface area contributed by atoms with E-state index in [0.29, 0.717) is 6.42 Å². The van der Waals surface area contributed by atoms with Crippen molar-refractivity contribution < 1.29 is 33.8 Å². The summed E-state index contributed by atoms with van der Waals surface area (Å²) in [6.45, 7) is 12.1. The average molecular weight is 624 g/mol. The van der Waals surface area contributed by atoms with Gasteiger partial charge in [0.15, 0.2) is 0 Å². The number of imide groups is 1. The number of carbonyl (C=O) groups excluding carboxylic acids is 3. The number of carbonyl (C=O) groups is 4. The molecule has 10 heteroatoms. The fraction of sp³-hybridized carbons (Fsp3) is 0.543. The highest BCUT2D eigenvalue weighted by Gasteiger charge is 2.55. The molecular weight excluding hydrogens is 574 g/mol. The Morgan fingerprint density at radius 2 is 1.44 bits per heavy atom. The fourth-order valence-electron chi connectivity index (χ4n) is 6.63. The molecule has 4 atom stereocenters. The standard InChI is InChI=1S/C35H49N3O7/c1-11-22(4)35(32(41)42,23(5)44-10)37(8)29(21(2)3)30(39)36-31(40)34(6,7)38(9)33(43)45-20-28-26-18-14-12-16-24(26)25-17-13-15-19-27(25)28/h12-19,21-23,28-29H,11,20H2,1-10H3,(H,41,42)(H,36,39,40)/t22-,23+,29-,35+/m0/s1. The van der Waals surface area contributed by atoms with Crippen LogP contribution < -0.4 is 5.32 Å². The van der Waals surface area contributed by atoms with E-state index in [0.717, 1.165) is 22.3 Å². The maximum atomic E-state index is 13.8. The quantitative estimate of drug-likeness (QED) is 0.314. The lowest BCUT2D eigenvalue weighted by Crippen LogP contribution is -2.70. The molecule has 0 radical (unpaired) electrons. The van der Waals surface area contributed by atoms with E-state index in [2.05, 4.69) is 5.32 Å². The molecule has 1 aliphatic rings. The van der Waals surface area contributed by atoms with Gasteiger partial charge in [0.05, 0.1) is 12.1 Å². The molecule has 0 aromatic heterocycles. The van der Waals surface area contributed by atoms with Crippen LogP contribution in [0.5, 0.6) is 0 Å². The summed E-state index contributed by atoms with van der Waals surface area (Å²) in [5, 5.41) is 13.0. The molecule has 0 saturated heterocycles. The highest BCUT2D eigenvalue weighted by atomic mass is 16.6. The summed E-state index contributed by atoms with van der Waals surface area (Å²) >= 11 is 0. The monoisotopic (exact) mass is 623 g/mol. The Balaban J connectivity index is 1.78. The molecule has 10 nitrogen and oxygen atoms in total. The fourth-order valence-corrected chi connectivity index (χ4v) is 6.63. The van der Waals surface area contributed by atoms with Crippen LogP contribution in [0.25, 0.3) is 11.1 Å². The van der Waals surface area contributed by atoms with E-state index in [1.165, 1.54) is 37.8 Å². The van der Waals surface area contributed by atoms with Gasteiger partial charge in [-0.05, 0) is 61.9 Å².